The van der Waals surface area contributed by atoms with E-state index in [1.165, 1.54) is 0 Å². The summed E-state index contributed by atoms with van der Waals surface area (Å²) in [6.45, 7) is 3.22. The molecule has 0 radical (unpaired) electrons. The monoisotopic (exact) mass is 249 g/mol. The molecule has 1 aromatic heterocycles. The molecule has 0 amide bonds. The Morgan fingerprint density at radius 3 is 2.29 bits per heavy atom. The van der Waals surface area contributed by atoms with Crippen molar-refractivity contribution in [1.82, 2.24) is 4.98 Å². The van der Waals surface area contributed by atoms with Crippen molar-refractivity contribution >= 4 is 0 Å². The van der Waals surface area contributed by atoms with Crippen LogP contribution in [0.2, 0.25) is 0 Å². The van der Waals surface area contributed by atoms with Crippen molar-refractivity contribution in [3.05, 3.63) is 29.6 Å². The maximum Gasteiger partial charge on any atom is 0.416 e. The Kier molecular flexibility index (Phi) is 4.11. The van der Waals surface area contributed by atoms with Crippen LogP contribution in [0.3, 0.4) is 0 Å². The molecule has 0 saturated carbocycles. The fourth-order valence-electron chi connectivity index (χ4n) is 1.45. The van der Waals surface area contributed by atoms with Crippen LogP contribution in [0.4, 0.5) is 13.2 Å². The molecular formula is C11H14F3NO2. The van der Waals surface area contributed by atoms with Gasteiger partial charge < -0.3 is 10.2 Å². The van der Waals surface area contributed by atoms with E-state index in [-0.39, 0.29) is 5.92 Å². The van der Waals surface area contributed by atoms with Crippen molar-refractivity contribution in [3.63, 3.8) is 0 Å². The van der Waals surface area contributed by atoms with E-state index in [2.05, 4.69) is 4.98 Å². The van der Waals surface area contributed by atoms with Gasteiger partial charge >= 0.3 is 6.18 Å². The number of halogens is 3. The second-order valence-electron chi connectivity index (χ2n) is 4.14. The van der Waals surface area contributed by atoms with Crippen LogP contribution in [0, 0.1) is 5.92 Å². The Morgan fingerprint density at radius 1 is 1.24 bits per heavy atom. The van der Waals surface area contributed by atoms with Crippen LogP contribution in [0.15, 0.2) is 18.5 Å². The molecule has 0 saturated heterocycles. The van der Waals surface area contributed by atoms with E-state index < -0.39 is 29.5 Å². The number of aliphatic hydroxyl groups is 2. The van der Waals surface area contributed by atoms with Crippen molar-refractivity contribution < 1.29 is 23.4 Å². The first kappa shape index (κ1) is 13.9. The first-order valence-corrected chi connectivity index (χ1v) is 5.12. The number of aromatic nitrogens is 1. The minimum atomic E-state index is -4.57. The van der Waals surface area contributed by atoms with Crippen LogP contribution in [-0.4, -0.2) is 21.3 Å². The molecule has 3 nitrogen and oxygen atoms in total. The van der Waals surface area contributed by atoms with E-state index in [0.29, 0.717) is 0 Å². The third-order valence-electron chi connectivity index (χ3n) is 2.48. The Labute approximate surface area is 96.9 Å². The first-order valence-electron chi connectivity index (χ1n) is 5.12. The van der Waals surface area contributed by atoms with Gasteiger partial charge in [-0.2, -0.15) is 13.2 Å². The third kappa shape index (κ3) is 3.17. The van der Waals surface area contributed by atoms with Gasteiger partial charge in [-0.1, -0.05) is 13.8 Å². The molecule has 0 spiro atoms. The molecule has 6 heteroatoms. The molecular weight excluding hydrogens is 235 g/mol. The SMILES string of the molecule is CC(C)C(O)C(O)c1cnccc1C(F)(F)F. The summed E-state index contributed by atoms with van der Waals surface area (Å²) in [5.41, 5.74) is -1.37. The first-order chi connectivity index (χ1) is 7.75. The van der Waals surface area contributed by atoms with E-state index in [0.717, 1.165) is 18.5 Å². The number of alkyl halides is 3. The van der Waals surface area contributed by atoms with E-state index in [9.17, 15) is 23.4 Å². The van der Waals surface area contributed by atoms with Crippen LogP contribution in [0.5, 0.6) is 0 Å². The largest absolute Gasteiger partial charge is 0.416 e. The summed E-state index contributed by atoms with van der Waals surface area (Å²) in [7, 11) is 0. The molecule has 2 N–H and O–H groups in total. The zero-order valence-electron chi connectivity index (χ0n) is 9.44. The van der Waals surface area contributed by atoms with Gasteiger partial charge in [0.15, 0.2) is 0 Å². The highest BCUT2D eigenvalue weighted by Crippen LogP contribution is 2.35. The fourth-order valence-corrected chi connectivity index (χ4v) is 1.45. The lowest BCUT2D eigenvalue weighted by molar-refractivity contribution is -0.140. The van der Waals surface area contributed by atoms with Gasteiger partial charge in [0.1, 0.15) is 6.10 Å². The lowest BCUT2D eigenvalue weighted by Gasteiger charge is -2.23. The van der Waals surface area contributed by atoms with Crippen molar-refractivity contribution in [1.29, 1.82) is 0 Å². The second-order valence-corrected chi connectivity index (χ2v) is 4.14. The topological polar surface area (TPSA) is 53.4 Å². The number of aliphatic hydroxyl groups excluding tert-OH is 2. The van der Waals surface area contributed by atoms with Crippen molar-refractivity contribution in [2.45, 2.75) is 32.2 Å². The maximum absolute atomic E-state index is 12.7. The van der Waals surface area contributed by atoms with Crippen LogP contribution in [-0.2, 0) is 6.18 Å². The lowest BCUT2D eigenvalue weighted by Crippen LogP contribution is -2.26. The fraction of sp³-hybridized carbons (Fsp3) is 0.545. The molecule has 0 aliphatic carbocycles. The highest BCUT2D eigenvalue weighted by molar-refractivity contribution is 5.29. The molecule has 2 atom stereocenters. The summed E-state index contributed by atoms with van der Waals surface area (Å²) in [6.07, 6.45) is -5.50. The quantitative estimate of drug-likeness (QED) is 0.863. The Balaban J connectivity index is 3.14. The average molecular weight is 249 g/mol. The lowest BCUT2D eigenvalue weighted by atomic mass is 9.94. The number of hydrogen-bond donors (Lipinski definition) is 2. The zero-order valence-corrected chi connectivity index (χ0v) is 9.44. The number of rotatable bonds is 3. The summed E-state index contributed by atoms with van der Waals surface area (Å²) in [4.78, 5) is 3.55. The summed E-state index contributed by atoms with van der Waals surface area (Å²) >= 11 is 0. The summed E-state index contributed by atoms with van der Waals surface area (Å²) in [5.74, 6) is -0.355. The standard InChI is InChI=1S/C11H14F3NO2/c1-6(2)9(16)10(17)7-5-15-4-3-8(7)11(12,13)14/h3-6,9-10,16-17H,1-2H3. The van der Waals surface area contributed by atoms with Gasteiger partial charge in [0.25, 0.3) is 0 Å². The Hall–Kier alpha value is -1.14. The Bertz CT molecular complexity index is 379. The van der Waals surface area contributed by atoms with E-state index in [1.807, 2.05) is 0 Å². The van der Waals surface area contributed by atoms with Gasteiger partial charge in [0.05, 0.1) is 11.7 Å². The van der Waals surface area contributed by atoms with Gasteiger partial charge in [0, 0.05) is 18.0 Å². The summed E-state index contributed by atoms with van der Waals surface area (Å²) in [6, 6.07) is 0.783. The molecule has 2 unspecified atom stereocenters. The van der Waals surface area contributed by atoms with E-state index in [4.69, 9.17) is 0 Å². The molecule has 0 fully saturated rings. The zero-order chi connectivity index (χ0) is 13.2. The smallest absolute Gasteiger partial charge is 0.390 e. The van der Waals surface area contributed by atoms with Crippen LogP contribution >= 0.6 is 0 Å². The van der Waals surface area contributed by atoms with Gasteiger partial charge in [-0.15, -0.1) is 0 Å². The van der Waals surface area contributed by atoms with Gasteiger partial charge in [-0.3, -0.25) is 4.98 Å². The van der Waals surface area contributed by atoms with Crippen molar-refractivity contribution in [2.24, 2.45) is 5.92 Å². The molecule has 17 heavy (non-hydrogen) atoms. The summed E-state index contributed by atoms with van der Waals surface area (Å²) < 4.78 is 38.0. The van der Waals surface area contributed by atoms with E-state index >= 15 is 0 Å². The molecule has 1 heterocycles. The van der Waals surface area contributed by atoms with Crippen LogP contribution in [0.1, 0.15) is 31.1 Å². The second kappa shape index (κ2) is 5.01. The molecule has 0 aromatic carbocycles. The highest BCUT2D eigenvalue weighted by Gasteiger charge is 2.36. The van der Waals surface area contributed by atoms with Crippen molar-refractivity contribution in [3.8, 4) is 0 Å². The minimum absolute atomic E-state index is 0.355. The molecule has 96 valence electrons. The normalized spacial score (nSPS) is 16.0. The number of hydrogen-bond acceptors (Lipinski definition) is 3. The van der Waals surface area contributed by atoms with Gasteiger partial charge in [-0.05, 0) is 12.0 Å². The van der Waals surface area contributed by atoms with Crippen LogP contribution < -0.4 is 0 Å². The third-order valence-corrected chi connectivity index (χ3v) is 2.48. The average Bonchev–Trinajstić information content (AvgIpc) is 2.25. The van der Waals surface area contributed by atoms with E-state index in [1.54, 1.807) is 13.8 Å². The van der Waals surface area contributed by atoms with Gasteiger partial charge in [-0.25, -0.2) is 0 Å². The van der Waals surface area contributed by atoms with Crippen LogP contribution in [0.25, 0.3) is 0 Å². The predicted octanol–water partition coefficient (Wildman–Crippen LogP) is 2.15. The minimum Gasteiger partial charge on any atom is -0.390 e. The Morgan fingerprint density at radius 2 is 1.82 bits per heavy atom. The molecule has 0 aliphatic heterocycles. The predicted molar refractivity (Wildman–Crippen MR) is 55.0 cm³/mol. The summed E-state index contributed by atoms with van der Waals surface area (Å²) in [5, 5.41) is 19.3. The molecule has 0 aliphatic rings. The van der Waals surface area contributed by atoms with Crippen molar-refractivity contribution in [2.75, 3.05) is 0 Å². The molecule has 1 rings (SSSR count). The highest BCUT2D eigenvalue weighted by atomic mass is 19.4. The van der Waals surface area contributed by atoms with Gasteiger partial charge in [0.2, 0.25) is 0 Å². The number of pyridine rings is 1. The molecule has 0 bridgehead atoms. The molecule has 1 aromatic rings. The number of nitrogens with zero attached hydrogens (tertiary/aromatic N) is 1. The maximum atomic E-state index is 12.7.